The van der Waals surface area contributed by atoms with Crippen molar-refractivity contribution < 1.29 is 9.53 Å². The van der Waals surface area contributed by atoms with E-state index in [9.17, 15) is 4.79 Å². The van der Waals surface area contributed by atoms with E-state index in [-0.39, 0.29) is 11.7 Å². The SMILES string of the molecule is Cc1ccc2nc(-c3ccc(NC(=O)CSc4nnc(C(C)Oc5cc(Cl)ccc5Cl)n4C)cc3)sc2c1. The summed E-state index contributed by atoms with van der Waals surface area (Å²) < 4.78 is 8.91. The van der Waals surface area contributed by atoms with Gasteiger partial charge in [-0.1, -0.05) is 41.0 Å². The smallest absolute Gasteiger partial charge is 0.234 e. The van der Waals surface area contributed by atoms with E-state index in [1.54, 1.807) is 34.1 Å². The summed E-state index contributed by atoms with van der Waals surface area (Å²) >= 11 is 15.2. The highest BCUT2D eigenvalue weighted by Crippen LogP contribution is 2.33. The summed E-state index contributed by atoms with van der Waals surface area (Å²) in [4.78, 5) is 17.3. The Bertz CT molecular complexity index is 1620. The molecule has 38 heavy (non-hydrogen) atoms. The van der Waals surface area contributed by atoms with Gasteiger partial charge in [0.05, 0.1) is 21.0 Å². The standard InChI is InChI=1S/C27H23Cl2N5O2S2/c1-15-4-11-21-23(12-15)38-26(31-21)17-5-8-19(9-6-17)30-24(35)14-37-27-33-32-25(34(27)3)16(2)36-22-13-18(28)7-10-20(22)29/h4-13,16H,14H2,1-3H3,(H,30,35). The zero-order valence-electron chi connectivity index (χ0n) is 20.7. The molecule has 1 amide bonds. The molecule has 0 spiro atoms. The molecule has 0 aliphatic heterocycles. The Morgan fingerprint density at radius 1 is 1.11 bits per heavy atom. The van der Waals surface area contributed by atoms with Crippen LogP contribution in [0.15, 0.2) is 65.8 Å². The van der Waals surface area contributed by atoms with Crippen molar-refractivity contribution >= 4 is 68.1 Å². The number of amides is 1. The average Bonchev–Trinajstić information content (AvgIpc) is 3.48. The van der Waals surface area contributed by atoms with Crippen molar-refractivity contribution in [1.29, 1.82) is 0 Å². The number of thiazole rings is 1. The minimum absolute atomic E-state index is 0.141. The van der Waals surface area contributed by atoms with Crippen molar-refractivity contribution in [3.05, 3.63) is 82.1 Å². The van der Waals surface area contributed by atoms with E-state index in [2.05, 4.69) is 34.6 Å². The van der Waals surface area contributed by atoms with Crippen LogP contribution in [0.4, 0.5) is 5.69 Å². The summed E-state index contributed by atoms with van der Waals surface area (Å²) in [5, 5.41) is 13.9. The lowest BCUT2D eigenvalue weighted by Crippen LogP contribution is -2.14. The van der Waals surface area contributed by atoms with Crippen molar-refractivity contribution in [2.45, 2.75) is 25.1 Å². The maximum absolute atomic E-state index is 12.6. The summed E-state index contributed by atoms with van der Waals surface area (Å²) in [5.74, 6) is 1.11. The Morgan fingerprint density at radius 3 is 2.68 bits per heavy atom. The van der Waals surface area contributed by atoms with Gasteiger partial charge in [0.1, 0.15) is 10.8 Å². The molecule has 1 N–H and O–H groups in total. The minimum Gasteiger partial charge on any atom is -0.481 e. The Hall–Kier alpha value is -3.11. The second-order valence-corrected chi connectivity index (χ2v) is 11.5. The quantitative estimate of drug-likeness (QED) is 0.190. The highest BCUT2D eigenvalue weighted by molar-refractivity contribution is 7.99. The molecule has 0 radical (unpaired) electrons. The largest absolute Gasteiger partial charge is 0.481 e. The van der Waals surface area contributed by atoms with Gasteiger partial charge < -0.3 is 14.6 Å². The van der Waals surface area contributed by atoms with Crippen LogP contribution < -0.4 is 10.1 Å². The molecule has 1 atom stereocenters. The third kappa shape index (κ3) is 5.96. The molecular formula is C27H23Cl2N5O2S2. The molecular weight excluding hydrogens is 561 g/mol. The zero-order valence-corrected chi connectivity index (χ0v) is 23.9. The molecule has 1 unspecified atom stereocenters. The summed E-state index contributed by atoms with van der Waals surface area (Å²) in [5.41, 5.74) is 3.94. The topological polar surface area (TPSA) is 81.9 Å². The number of hydrogen-bond acceptors (Lipinski definition) is 7. The third-order valence-electron chi connectivity index (χ3n) is 5.72. The Balaban J connectivity index is 1.17. The fourth-order valence-corrected chi connectivity index (χ4v) is 5.91. The molecule has 7 nitrogen and oxygen atoms in total. The fraction of sp³-hybridized carbons (Fsp3) is 0.185. The molecule has 5 aromatic rings. The van der Waals surface area contributed by atoms with E-state index in [1.165, 1.54) is 17.3 Å². The highest BCUT2D eigenvalue weighted by Gasteiger charge is 2.19. The molecule has 2 aromatic heterocycles. The number of carbonyl (C=O) groups is 1. The lowest BCUT2D eigenvalue weighted by atomic mass is 10.2. The van der Waals surface area contributed by atoms with Crippen LogP contribution >= 0.6 is 46.3 Å². The number of halogens is 2. The van der Waals surface area contributed by atoms with Crippen LogP contribution in [0.3, 0.4) is 0 Å². The molecule has 194 valence electrons. The van der Waals surface area contributed by atoms with Crippen LogP contribution in [0.1, 0.15) is 24.4 Å². The van der Waals surface area contributed by atoms with Gasteiger partial charge in [0, 0.05) is 29.4 Å². The second kappa shape index (κ2) is 11.3. The van der Waals surface area contributed by atoms with E-state index in [1.807, 2.05) is 44.3 Å². The van der Waals surface area contributed by atoms with Crippen LogP contribution in [-0.4, -0.2) is 31.4 Å². The van der Waals surface area contributed by atoms with E-state index in [4.69, 9.17) is 32.9 Å². The van der Waals surface area contributed by atoms with Gasteiger partial charge in [-0.2, -0.15) is 0 Å². The van der Waals surface area contributed by atoms with E-state index in [0.29, 0.717) is 26.8 Å². The number of carbonyl (C=O) groups excluding carboxylic acids is 1. The molecule has 5 rings (SSSR count). The summed E-state index contributed by atoms with van der Waals surface area (Å²) in [6, 6.07) is 19.0. The van der Waals surface area contributed by atoms with Crippen LogP contribution in [0.25, 0.3) is 20.8 Å². The van der Waals surface area contributed by atoms with Gasteiger partial charge in [0.15, 0.2) is 17.1 Å². The van der Waals surface area contributed by atoms with E-state index >= 15 is 0 Å². The number of hydrogen-bond donors (Lipinski definition) is 1. The van der Waals surface area contributed by atoms with E-state index < -0.39 is 6.10 Å². The Labute approximate surface area is 238 Å². The third-order valence-corrected chi connectivity index (χ3v) is 8.36. The first-order chi connectivity index (χ1) is 18.3. The van der Waals surface area contributed by atoms with Crippen molar-refractivity contribution in [3.8, 4) is 16.3 Å². The van der Waals surface area contributed by atoms with Crippen molar-refractivity contribution in [2.24, 2.45) is 7.05 Å². The number of aromatic nitrogens is 4. The minimum atomic E-state index is -0.426. The van der Waals surface area contributed by atoms with Crippen molar-refractivity contribution in [3.63, 3.8) is 0 Å². The van der Waals surface area contributed by atoms with Gasteiger partial charge in [0.25, 0.3) is 0 Å². The molecule has 0 aliphatic carbocycles. The average molecular weight is 585 g/mol. The zero-order chi connectivity index (χ0) is 26.8. The number of rotatable bonds is 8. The normalized spacial score (nSPS) is 12.0. The van der Waals surface area contributed by atoms with Gasteiger partial charge >= 0.3 is 0 Å². The van der Waals surface area contributed by atoms with E-state index in [0.717, 1.165) is 26.5 Å². The van der Waals surface area contributed by atoms with Crippen LogP contribution in [0, 0.1) is 6.92 Å². The number of anilines is 1. The Kier molecular flexibility index (Phi) is 7.90. The number of aryl methyl sites for hydroxylation is 1. The molecule has 0 fully saturated rings. The molecule has 0 saturated heterocycles. The Morgan fingerprint density at radius 2 is 1.89 bits per heavy atom. The van der Waals surface area contributed by atoms with Crippen LogP contribution in [0.2, 0.25) is 10.0 Å². The first kappa shape index (κ1) is 26.5. The van der Waals surface area contributed by atoms with Crippen LogP contribution in [0.5, 0.6) is 5.75 Å². The number of nitrogens with one attached hydrogen (secondary N) is 1. The van der Waals surface area contributed by atoms with Gasteiger partial charge in [0.2, 0.25) is 5.91 Å². The molecule has 0 aliphatic rings. The van der Waals surface area contributed by atoms with Crippen molar-refractivity contribution in [2.75, 3.05) is 11.1 Å². The van der Waals surface area contributed by atoms with Gasteiger partial charge in [-0.15, -0.1) is 21.5 Å². The van der Waals surface area contributed by atoms with Gasteiger partial charge in [-0.3, -0.25) is 4.79 Å². The number of thioether (sulfide) groups is 1. The highest BCUT2D eigenvalue weighted by atomic mass is 35.5. The molecule has 0 saturated carbocycles. The lowest BCUT2D eigenvalue weighted by Gasteiger charge is -2.15. The monoisotopic (exact) mass is 583 g/mol. The first-order valence-corrected chi connectivity index (χ1v) is 14.2. The van der Waals surface area contributed by atoms with Gasteiger partial charge in [-0.05, 0) is 67.9 Å². The number of nitrogens with zero attached hydrogens (tertiary/aromatic N) is 4. The van der Waals surface area contributed by atoms with Crippen LogP contribution in [-0.2, 0) is 11.8 Å². The first-order valence-electron chi connectivity index (χ1n) is 11.7. The lowest BCUT2D eigenvalue weighted by molar-refractivity contribution is -0.113. The predicted molar refractivity (Wildman–Crippen MR) is 156 cm³/mol. The van der Waals surface area contributed by atoms with Crippen molar-refractivity contribution in [1.82, 2.24) is 19.7 Å². The molecule has 3 aromatic carbocycles. The predicted octanol–water partition coefficient (Wildman–Crippen LogP) is 7.58. The second-order valence-electron chi connectivity index (χ2n) is 8.64. The maximum atomic E-state index is 12.6. The maximum Gasteiger partial charge on any atom is 0.234 e. The summed E-state index contributed by atoms with van der Waals surface area (Å²) in [7, 11) is 1.83. The molecule has 0 bridgehead atoms. The summed E-state index contributed by atoms with van der Waals surface area (Å²) in [6.07, 6.45) is -0.426. The molecule has 11 heteroatoms. The summed E-state index contributed by atoms with van der Waals surface area (Å²) in [6.45, 7) is 3.92. The number of ether oxygens (including phenoxy) is 1. The van der Waals surface area contributed by atoms with Gasteiger partial charge in [-0.25, -0.2) is 4.98 Å². The number of fused-ring (bicyclic) bond motifs is 1. The fourth-order valence-electron chi connectivity index (χ4n) is 3.80. The number of benzene rings is 3. The molecule has 2 heterocycles.